The summed E-state index contributed by atoms with van der Waals surface area (Å²) < 4.78 is 5.81. The molecule has 6 heteroatoms. The van der Waals surface area contributed by atoms with Crippen LogP contribution < -0.4 is 15.4 Å². The fraction of sp³-hybridized carbons (Fsp3) is 0.286. The second kappa shape index (κ2) is 12.0. The molecule has 0 saturated heterocycles. The summed E-state index contributed by atoms with van der Waals surface area (Å²) in [6, 6.07) is 21.3. The molecule has 0 fully saturated rings. The van der Waals surface area contributed by atoms with Gasteiger partial charge in [-0.25, -0.2) is 0 Å². The standard InChI is InChI=1S/C28H33N3O3/c1-20-10-8-11-21(2)27(20)29-25(32)18-31(16-17-34-24-14-6-5-7-15-24)19-26(33)30-28-22(3)12-9-13-23(28)4/h5-15H,16-19H2,1-4H3,(H,29,32)(H,30,33). The number of carbonyl (C=O) groups is 2. The smallest absolute Gasteiger partial charge is 0.238 e. The Morgan fingerprint density at radius 2 is 1.12 bits per heavy atom. The van der Waals surface area contributed by atoms with E-state index in [9.17, 15) is 9.59 Å². The van der Waals surface area contributed by atoms with Crippen molar-refractivity contribution >= 4 is 23.2 Å². The predicted molar refractivity (Wildman–Crippen MR) is 137 cm³/mol. The van der Waals surface area contributed by atoms with E-state index in [1.807, 2.05) is 94.4 Å². The van der Waals surface area contributed by atoms with E-state index in [2.05, 4.69) is 10.6 Å². The summed E-state index contributed by atoms with van der Waals surface area (Å²) in [7, 11) is 0. The largest absolute Gasteiger partial charge is 0.492 e. The Hall–Kier alpha value is -3.64. The quantitative estimate of drug-likeness (QED) is 0.453. The van der Waals surface area contributed by atoms with Crippen LogP contribution in [-0.2, 0) is 9.59 Å². The van der Waals surface area contributed by atoms with E-state index in [1.54, 1.807) is 4.90 Å². The number of nitrogens with one attached hydrogen (secondary N) is 2. The monoisotopic (exact) mass is 459 g/mol. The highest BCUT2D eigenvalue weighted by Crippen LogP contribution is 2.20. The van der Waals surface area contributed by atoms with Gasteiger partial charge in [0.25, 0.3) is 0 Å². The molecule has 6 nitrogen and oxygen atoms in total. The molecule has 2 amide bonds. The summed E-state index contributed by atoms with van der Waals surface area (Å²) in [6.07, 6.45) is 0. The molecule has 0 bridgehead atoms. The number of carbonyl (C=O) groups excluding carboxylic acids is 2. The maximum Gasteiger partial charge on any atom is 0.238 e. The second-order valence-corrected chi connectivity index (χ2v) is 8.50. The molecule has 0 saturated carbocycles. The number of anilines is 2. The Kier molecular flexibility index (Phi) is 8.82. The Morgan fingerprint density at radius 3 is 1.56 bits per heavy atom. The number of para-hydroxylation sites is 3. The summed E-state index contributed by atoms with van der Waals surface area (Å²) in [6.45, 7) is 8.79. The van der Waals surface area contributed by atoms with Gasteiger partial charge in [0.1, 0.15) is 12.4 Å². The first-order chi connectivity index (χ1) is 16.3. The van der Waals surface area contributed by atoms with E-state index in [-0.39, 0.29) is 24.9 Å². The number of rotatable bonds is 10. The van der Waals surface area contributed by atoms with E-state index in [0.717, 1.165) is 39.4 Å². The first-order valence-electron chi connectivity index (χ1n) is 11.5. The van der Waals surface area contributed by atoms with Gasteiger partial charge in [-0.2, -0.15) is 0 Å². The molecule has 178 valence electrons. The van der Waals surface area contributed by atoms with Crippen molar-refractivity contribution in [2.24, 2.45) is 0 Å². The SMILES string of the molecule is Cc1cccc(C)c1NC(=O)CN(CCOc1ccccc1)CC(=O)Nc1c(C)cccc1C. The molecule has 0 spiro atoms. The van der Waals surface area contributed by atoms with Crippen LogP contribution in [-0.4, -0.2) is 43.0 Å². The molecule has 0 atom stereocenters. The van der Waals surface area contributed by atoms with Crippen LogP contribution in [0.25, 0.3) is 0 Å². The van der Waals surface area contributed by atoms with Crippen LogP contribution in [0.4, 0.5) is 11.4 Å². The van der Waals surface area contributed by atoms with Crippen molar-refractivity contribution in [3.8, 4) is 5.75 Å². The minimum absolute atomic E-state index is 0.0755. The van der Waals surface area contributed by atoms with Crippen molar-refractivity contribution in [2.45, 2.75) is 27.7 Å². The van der Waals surface area contributed by atoms with Crippen molar-refractivity contribution in [1.29, 1.82) is 0 Å². The average molecular weight is 460 g/mol. The number of nitrogens with zero attached hydrogens (tertiary/aromatic N) is 1. The summed E-state index contributed by atoms with van der Waals surface area (Å²) in [5.41, 5.74) is 5.63. The molecular weight excluding hydrogens is 426 g/mol. The topological polar surface area (TPSA) is 70.7 Å². The minimum atomic E-state index is -0.169. The lowest BCUT2D eigenvalue weighted by Gasteiger charge is -2.22. The van der Waals surface area contributed by atoms with E-state index in [1.165, 1.54) is 0 Å². The van der Waals surface area contributed by atoms with Crippen molar-refractivity contribution in [1.82, 2.24) is 4.90 Å². The van der Waals surface area contributed by atoms with Crippen molar-refractivity contribution < 1.29 is 14.3 Å². The van der Waals surface area contributed by atoms with Gasteiger partial charge in [0, 0.05) is 17.9 Å². The third-order valence-corrected chi connectivity index (χ3v) is 5.64. The zero-order valence-electron chi connectivity index (χ0n) is 20.4. The third-order valence-electron chi connectivity index (χ3n) is 5.64. The molecule has 0 aliphatic carbocycles. The van der Waals surface area contributed by atoms with Gasteiger partial charge < -0.3 is 15.4 Å². The lowest BCUT2D eigenvalue weighted by atomic mass is 10.1. The summed E-state index contributed by atoms with van der Waals surface area (Å²) in [4.78, 5) is 27.6. The molecule has 0 aliphatic heterocycles. The van der Waals surface area contributed by atoms with Gasteiger partial charge in [0.05, 0.1) is 13.1 Å². The maximum absolute atomic E-state index is 12.9. The number of ether oxygens (including phenoxy) is 1. The van der Waals surface area contributed by atoms with E-state index in [4.69, 9.17) is 4.74 Å². The molecule has 0 heterocycles. The zero-order valence-corrected chi connectivity index (χ0v) is 20.4. The molecule has 0 aliphatic rings. The van der Waals surface area contributed by atoms with Gasteiger partial charge in [-0.1, -0.05) is 54.6 Å². The molecule has 0 aromatic heterocycles. The van der Waals surface area contributed by atoms with Crippen molar-refractivity contribution in [2.75, 3.05) is 36.9 Å². The second-order valence-electron chi connectivity index (χ2n) is 8.50. The van der Waals surface area contributed by atoms with E-state index in [0.29, 0.717) is 13.2 Å². The van der Waals surface area contributed by atoms with Crippen LogP contribution >= 0.6 is 0 Å². The highest BCUT2D eigenvalue weighted by atomic mass is 16.5. The van der Waals surface area contributed by atoms with Crippen molar-refractivity contribution in [3.63, 3.8) is 0 Å². The van der Waals surface area contributed by atoms with Crippen LogP contribution in [0.3, 0.4) is 0 Å². The Bertz CT molecular complexity index is 1020. The van der Waals surface area contributed by atoms with Gasteiger partial charge >= 0.3 is 0 Å². The molecule has 3 rings (SSSR count). The molecule has 34 heavy (non-hydrogen) atoms. The van der Waals surface area contributed by atoms with Gasteiger partial charge in [-0.05, 0) is 62.1 Å². The van der Waals surface area contributed by atoms with E-state index >= 15 is 0 Å². The summed E-state index contributed by atoms with van der Waals surface area (Å²) >= 11 is 0. The lowest BCUT2D eigenvalue weighted by molar-refractivity contribution is -0.120. The van der Waals surface area contributed by atoms with Crippen LogP contribution in [0, 0.1) is 27.7 Å². The fourth-order valence-corrected chi connectivity index (χ4v) is 3.81. The van der Waals surface area contributed by atoms with Crippen LogP contribution in [0.15, 0.2) is 66.7 Å². The Balaban J connectivity index is 1.66. The van der Waals surface area contributed by atoms with E-state index < -0.39 is 0 Å². The van der Waals surface area contributed by atoms with Crippen LogP contribution in [0.2, 0.25) is 0 Å². The number of amides is 2. The van der Waals surface area contributed by atoms with Gasteiger partial charge in [-0.15, -0.1) is 0 Å². The molecule has 3 aromatic rings. The lowest BCUT2D eigenvalue weighted by Crippen LogP contribution is -2.41. The van der Waals surface area contributed by atoms with Gasteiger partial charge in [-0.3, -0.25) is 14.5 Å². The predicted octanol–water partition coefficient (Wildman–Crippen LogP) is 4.88. The molecule has 2 N–H and O–H groups in total. The maximum atomic E-state index is 12.9. The van der Waals surface area contributed by atoms with Crippen LogP contribution in [0.1, 0.15) is 22.3 Å². The summed E-state index contributed by atoms with van der Waals surface area (Å²) in [5, 5.41) is 6.01. The highest BCUT2D eigenvalue weighted by Gasteiger charge is 2.17. The first-order valence-corrected chi connectivity index (χ1v) is 11.5. The first kappa shape index (κ1) is 25.0. The molecule has 0 unspecified atom stereocenters. The van der Waals surface area contributed by atoms with Crippen molar-refractivity contribution in [3.05, 3.63) is 89.0 Å². The number of hydrogen-bond acceptors (Lipinski definition) is 4. The fourth-order valence-electron chi connectivity index (χ4n) is 3.81. The molecular formula is C28H33N3O3. The summed E-state index contributed by atoms with van der Waals surface area (Å²) in [5.74, 6) is 0.413. The Labute approximate surface area is 201 Å². The van der Waals surface area contributed by atoms with Gasteiger partial charge in [0.2, 0.25) is 11.8 Å². The number of benzene rings is 3. The molecule has 0 radical (unpaired) electrons. The third kappa shape index (κ3) is 7.18. The normalized spacial score (nSPS) is 10.7. The minimum Gasteiger partial charge on any atom is -0.492 e. The molecule has 3 aromatic carbocycles. The average Bonchev–Trinajstić information content (AvgIpc) is 2.79. The highest BCUT2D eigenvalue weighted by molar-refractivity contribution is 5.96. The van der Waals surface area contributed by atoms with Crippen LogP contribution in [0.5, 0.6) is 5.75 Å². The number of aryl methyl sites for hydroxylation is 4. The Morgan fingerprint density at radius 1 is 0.676 bits per heavy atom. The zero-order chi connectivity index (χ0) is 24.5. The van der Waals surface area contributed by atoms with Gasteiger partial charge in [0.15, 0.2) is 0 Å². The number of hydrogen-bond donors (Lipinski definition) is 2.